The molecule has 2 aliphatic rings. The molecule has 2 saturated heterocycles. The first-order valence-electron chi connectivity index (χ1n) is 8.93. The van der Waals surface area contributed by atoms with Gasteiger partial charge in [0, 0.05) is 38.3 Å². The molecular weight excluding hydrogens is 385 g/mol. The lowest BCUT2D eigenvalue weighted by Crippen LogP contribution is -2.77. The van der Waals surface area contributed by atoms with Crippen molar-refractivity contribution in [2.75, 3.05) is 25.1 Å². The number of nitrogens with zero attached hydrogens (tertiary/aromatic N) is 3. The lowest BCUT2D eigenvalue weighted by Gasteiger charge is -2.59. The molecule has 3 heterocycles. The zero-order chi connectivity index (χ0) is 19.9. The van der Waals surface area contributed by atoms with Crippen molar-refractivity contribution in [1.82, 2.24) is 9.29 Å². The van der Waals surface area contributed by atoms with Gasteiger partial charge in [-0.25, -0.2) is 12.8 Å². The molecule has 9 heteroatoms. The van der Waals surface area contributed by atoms with Gasteiger partial charge in [0.25, 0.3) is 5.91 Å². The van der Waals surface area contributed by atoms with Crippen molar-refractivity contribution in [3.8, 4) is 0 Å². The van der Waals surface area contributed by atoms with Gasteiger partial charge in [-0.05, 0) is 43.2 Å². The average Bonchev–Trinajstić information content (AvgIpc) is 2.69. The molecule has 0 saturated carbocycles. The van der Waals surface area contributed by atoms with E-state index in [4.69, 9.17) is 4.74 Å². The van der Waals surface area contributed by atoms with E-state index in [1.165, 1.54) is 42.0 Å². The number of benzene rings is 1. The number of carbonyl (C=O) groups is 1. The molecule has 2 aromatic rings. The molecule has 2 aliphatic heterocycles. The van der Waals surface area contributed by atoms with Crippen LogP contribution in [0.5, 0.6) is 0 Å². The van der Waals surface area contributed by atoms with Crippen LogP contribution in [0.1, 0.15) is 12.8 Å². The maximum atomic E-state index is 13.7. The van der Waals surface area contributed by atoms with Crippen LogP contribution < -0.4 is 4.90 Å². The normalized spacial score (nSPS) is 22.3. The number of aromatic nitrogens is 1. The topological polar surface area (TPSA) is 79.8 Å². The number of methoxy groups -OCH3 is 1. The van der Waals surface area contributed by atoms with Crippen LogP contribution in [0.3, 0.4) is 0 Å². The molecular formula is C19H20FN3O4S. The summed E-state index contributed by atoms with van der Waals surface area (Å²) in [6.45, 7) is 0.465. The van der Waals surface area contributed by atoms with Crippen LogP contribution in [0.4, 0.5) is 10.1 Å². The fraction of sp³-hybridized carbons (Fsp3) is 0.368. The lowest BCUT2D eigenvalue weighted by molar-refractivity contribution is -0.150. The Morgan fingerprint density at radius 3 is 2.57 bits per heavy atom. The summed E-state index contributed by atoms with van der Waals surface area (Å²) >= 11 is 0. The highest BCUT2D eigenvalue weighted by Crippen LogP contribution is 2.46. The summed E-state index contributed by atoms with van der Waals surface area (Å²) in [7, 11) is -2.19. The molecule has 0 aliphatic carbocycles. The number of rotatable bonds is 4. The summed E-state index contributed by atoms with van der Waals surface area (Å²) in [5, 5.41) is 0. The van der Waals surface area contributed by atoms with Gasteiger partial charge >= 0.3 is 0 Å². The zero-order valence-electron chi connectivity index (χ0n) is 15.3. The zero-order valence-corrected chi connectivity index (χ0v) is 16.1. The summed E-state index contributed by atoms with van der Waals surface area (Å²) in [6, 6.07) is 8.94. The Morgan fingerprint density at radius 1 is 1.21 bits per heavy atom. The third-order valence-corrected chi connectivity index (χ3v) is 7.42. The minimum absolute atomic E-state index is 0.140. The largest absolute Gasteiger partial charge is 0.369 e. The maximum Gasteiger partial charge on any atom is 0.259 e. The van der Waals surface area contributed by atoms with Crippen LogP contribution in [0.15, 0.2) is 53.7 Å². The van der Waals surface area contributed by atoms with Gasteiger partial charge in [0.1, 0.15) is 10.7 Å². The molecule has 0 N–H and O–H groups in total. The van der Waals surface area contributed by atoms with Gasteiger partial charge in [0.05, 0.1) is 5.54 Å². The standard InChI is InChI=1S/C19H20FN3O4S/c1-27-17-18(24)23(15-5-2-4-14(20)12-15)19(17)7-10-22(11-8-19)28(25,26)16-6-3-9-21-13-16/h2-6,9,12-13,17H,7-8,10-11H2,1H3. The number of halogens is 1. The van der Waals surface area contributed by atoms with Crippen molar-refractivity contribution < 1.29 is 22.3 Å². The van der Waals surface area contributed by atoms with Crippen LogP contribution in [-0.2, 0) is 19.6 Å². The van der Waals surface area contributed by atoms with E-state index < -0.39 is 27.5 Å². The molecule has 1 unspecified atom stereocenters. The highest BCUT2D eigenvalue weighted by Gasteiger charge is 2.62. The SMILES string of the molecule is COC1C(=O)N(c2cccc(F)c2)C12CCN(S(=O)(=O)c1cccnc1)CC2. The van der Waals surface area contributed by atoms with Crippen LogP contribution >= 0.6 is 0 Å². The van der Waals surface area contributed by atoms with Crippen molar-refractivity contribution in [1.29, 1.82) is 0 Å². The summed E-state index contributed by atoms with van der Waals surface area (Å²) in [4.78, 5) is 18.2. The van der Waals surface area contributed by atoms with Gasteiger partial charge in [0.2, 0.25) is 10.0 Å². The fourth-order valence-corrected chi connectivity index (χ4v) is 5.59. The molecule has 1 atom stereocenters. The number of pyridine rings is 1. The predicted molar refractivity (Wildman–Crippen MR) is 99.6 cm³/mol. The van der Waals surface area contributed by atoms with E-state index >= 15 is 0 Å². The fourth-order valence-electron chi connectivity index (χ4n) is 4.19. The lowest BCUT2D eigenvalue weighted by atomic mass is 9.73. The van der Waals surface area contributed by atoms with Gasteiger partial charge < -0.3 is 9.64 Å². The van der Waals surface area contributed by atoms with E-state index in [2.05, 4.69) is 4.98 Å². The van der Waals surface area contributed by atoms with Crippen molar-refractivity contribution in [2.24, 2.45) is 0 Å². The predicted octanol–water partition coefficient (Wildman–Crippen LogP) is 1.81. The minimum atomic E-state index is -3.66. The number of hydrogen-bond acceptors (Lipinski definition) is 5. The second-order valence-corrected chi connectivity index (χ2v) is 8.90. The van der Waals surface area contributed by atoms with E-state index in [1.807, 2.05) is 0 Å². The first-order chi connectivity index (χ1) is 13.4. The highest BCUT2D eigenvalue weighted by atomic mass is 32.2. The quantitative estimate of drug-likeness (QED) is 0.725. The second kappa shape index (κ2) is 6.91. The van der Waals surface area contributed by atoms with Gasteiger partial charge in [-0.1, -0.05) is 6.07 Å². The van der Waals surface area contributed by atoms with Gasteiger partial charge in [-0.3, -0.25) is 9.78 Å². The number of sulfonamides is 1. The van der Waals surface area contributed by atoms with Crippen LogP contribution in [0.2, 0.25) is 0 Å². The number of ether oxygens (including phenoxy) is 1. The molecule has 0 bridgehead atoms. The molecule has 0 radical (unpaired) electrons. The Labute approximate surface area is 162 Å². The Kier molecular flexibility index (Phi) is 4.68. The van der Waals surface area contributed by atoms with Crippen molar-refractivity contribution in [2.45, 2.75) is 29.4 Å². The number of carbonyl (C=O) groups excluding carboxylic acids is 1. The van der Waals surface area contributed by atoms with E-state index in [1.54, 1.807) is 23.1 Å². The Balaban J connectivity index is 1.60. The van der Waals surface area contributed by atoms with Gasteiger partial charge in [-0.2, -0.15) is 4.31 Å². The number of piperidine rings is 1. The van der Waals surface area contributed by atoms with Crippen LogP contribution in [-0.4, -0.2) is 55.5 Å². The summed E-state index contributed by atoms with van der Waals surface area (Å²) in [5.74, 6) is -0.672. The number of amides is 1. The van der Waals surface area contributed by atoms with Crippen molar-refractivity contribution in [3.05, 3.63) is 54.6 Å². The second-order valence-electron chi connectivity index (χ2n) is 6.97. The van der Waals surface area contributed by atoms with E-state index in [0.717, 1.165) is 0 Å². The molecule has 148 valence electrons. The Morgan fingerprint density at radius 2 is 1.96 bits per heavy atom. The minimum Gasteiger partial charge on any atom is -0.369 e. The number of hydrogen-bond donors (Lipinski definition) is 0. The molecule has 1 amide bonds. The molecule has 2 fully saturated rings. The van der Waals surface area contributed by atoms with Gasteiger partial charge in [0.15, 0.2) is 6.10 Å². The smallest absolute Gasteiger partial charge is 0.259 e. The van der Waals surface area contributed by atoms with Crippen molar-refractivity contribution >= 4 is 21.6 Å². The van der Waals surface area contributed by atoms with Crippen LogP contribution in [0.25, 0.3) is 0 Å². The molecule has 1 aromatic carbocycles. The molecule has 1 spiro atoms. The van der Waals surface area contributed by atoms with E-state index in [-0.39, 0.29) is 23.9 Å². The average molecular weight is 405 g/mol. The van der Waals surface area contributed by atoms with Gasteiger partial charge in [-0.15, -0.1) is 0 Å². The Bertz CT molecular complexity index is 991. The Hall–Kier alpha value is -2.36. The monoisotopic (exact) mass is 405 g/mol. The van der Waals surface area contributed by atoms with E-state index in [9.17, 15) is 17.6 Å². The third kappa shape index (κ3) is 2.81. The van der Waals surface area contributed by atoms with E-state index in [0.29, 0.717) is 18.5 Å². The molecule has 1 aromatic heterocycles. The molecule has 28 heavy (non-hydrogen) atoms. The first-order valence-corrected chi connectivity index (χ1v) is 10.4. The summed E-state index contributed by atoms with van der Waals surface area (Å²) < 4.78 is 46.2. The van der Waals surface area contributed by atoms with Crippen LogP contribution in [0, 0.1) is 5.82 Å². The molecule has 7 nitrogen and oxygen atoms in total. The summed E-state index contributed by atoms with van der Waals surface area (Å²) in [5.41, 5.74) is -0.220. The highest BCUT2D eigenvalue weighted by molar-refractivity contribution is 7.89. The third-order valence-electron chi connectivity index (χ3n) is 5.54. The summed E-state index contributed by atoms with van der Waals surface area (Å²) in [6.07, 6.45) is 2.97. The maximum absolute atomic E-state index is 13.7. The first kappa shape index (κ1) is 19.0. The number of β-lactam (4-membered cyclic amide) rings is 1. The number of anilines is 1. The van der Waals surface area contributed by atoms with Crippen molar-refractivity contribution in [3.63, 3.8) is 0 Å². The molecule has 4 rings (SSSR count).